The van der Waals surface area contributed by atoms with Crippen molar-refractivity contribution in [1.29, 1.82) is 0 Å². The van der Waals surface area contributed by atoms with Gasteiger partial charge in [-0.2, -0.15) is 0 Å². The molecule has 0 spiro atoms. The Bertz CT molecular complexity index is 410. The highest BCUT2D eigenvalue weighted by Crippen LogP contribution is 2.22. The van der Waals surface area contributed by atoms with Crippen molar-refractivity contribution in [2.24, 2.45) is 0 Å². The second kappa shape index (κ2) is 7.92. The SMILES string of the molecule is C/C=C\C(=C/C)Cc1cccc(C(C)CCC)c1. The van der Waals surface area contributed by atoms with Crippen LogP contribution in [-0.4, -0.2) is 0 Å². The predicted octanol–water partition coefficient (Wildman–Crippen LogP) is 5.66. The molecule has 0 aliphatic carbocycles. The summed E-state index contributed by atoms with van der Waals surface area (Å²) in [6, 6.07) is 9.05. The Hall–Kier alpha value is -1.30. The van der Waals surface area contributed by atoms with E-state index in [1.54, 1.807) is 0 Å². The van der Waals surface area contributed by atoms with Gasteiger partial charge < -0.3 is 0 Å². The molecule has 0 heterocycles. The Kier molecular flexibility index (Phi) is 6.49. The first-order valence-electron chi connectivity index (χ1n) is 7.08. The van der Waals surface area contributed by atoms with Crippen molar-refractivity contribution in [3.63, 3.8) is 0 Å². The molecule has 0 aliphatic rings. The first-order chi connectivity index (χ1) is 8.71. The van der Waals surface area contributed by atoms with E-state index in [-0.39, 0.29) is 0 Å². The fraction of sp³-hybridized carbons (Fsp3) is 0.444. The van der Waals surface area contributed by atoms with E-state index in [9.17, 15) is 0 Å². The number of allylic oxidation sites excluding steroid dienone is 4. The Labute approximate surface area is 112 Å². The van der Waals surface area contributed by atoms with E-state index >= 15 is 0 Å². The summed E-state index contributed by atoms with van der Waals surface area (Å²) in [4.78, 5) is 0. The van der Waals surface area contributed by atoms with Gasteiger partial charge in [-0.3, -0.25) is 0 Å². The van der Waals surface area contributed by atoms with Crippen LogP contribution in [0.15, 0.2) is 48.1 Å². The molecule has 1 unspecified atom stereocenters. The summed E-state index contributed by atoms with van der Waals surface area (Å²) in [6.45, 7) is 8.76. The van der Waals surface area contributed by atoms with Crippen LogP contribution in [0.4, 0.5) is 0 Å². The van der Waals surface area contributed by atoms with Crippen LogP contribution in [0.2, 0.25) is 0 Å². The van der Waals surface area contributed by atoms with Crippen LogP contribution in [0.25, 0.3) is 0 Å². The summed E-state index contributed by atoms with van der Waals surface area (Å²) in [6.07, 6.45) is 10.1. The van der Waals surface area contributed by atoms with Crippen LogP contribution in [0.1, 0.15) is 57.6 Å². The van der Waals surface area contributed by atoms with E-state index in [0.29, 0.717) is 5.92 Å². The number of hydrogen-bond acceptors (Lipinski definition) is 0. The van der Waals surface area contributed by atoms with Gasteiger partial charge in [0.1, 0.15) is 0 Å². The highest BCUT2D eigenvalue weighted by molar-refractivity contribution is 5.32. The quantitative estimate of drug-likeness (QED) is 0.565. The molecule has 0 radical (unpaired) electrons. The molecule has 1 aromatic rings. The first kappa shape index (κ1) is 14.8. The van der Waals surface area contributed by atoms with E-state index in [1.807, 2.05) is 0 Å². The second-order valence-corrected chi connectivity index (χ2v) is 4.98. The summed E-state index contributed by atoms with van der Waals surface area (Å²) in [5.41, 5.74) is 4.28. The fourth-order valence-electron chi connectivity index (χ4n) is 2.32. The monoisotopic (exact) mass is 242 g/mol. The maximum atomic E-state index is 2.37. The standard InChI is InChI=1S/C18H26/c1-5-9-15(4)18-12-8-11-17(14-18)13-16(7-3)10-6-2/h6-8,10-12,14-15H,5,9,13H2,1-4H3/b10-6-,16-7+. The zero-order chi connectivity index (χ0) is 13.4. The number of hydrogen-bond donors (Lipinski definition) is 0. The number of rotatable bonds is 6. The third-order valence-electron chi connectivity index (χ3n) is 3.40. The highest BCUT2D eigenvalue weighted by Gasteiger charge is 2.05. The van der Waals surface area contributed by atoms with E-state index in [0.717, 1.165) is 6.42 Å². The van der Waals surface area contributed by atoms with Gasteiger partial charge in [-0.15, -0.1) is 0 Å². The van der Waals surface area contributed by atoms with Crippen LogP contribution in [0.3, 0.4) is 0 Å². The van der Waals surface area contributed by atoms with Crippen molar-refractivity contribution in [2.75, 3.05) is 0 Å². The topological polar surface area (TPSA) is 0 Å². The predicted molar refractivity (Wildman–Crippen MR) is 82.0 cm³/mol. The lowest BCUT2D eigenvalue weighted by molar-refractivity contribution is 0.664. The minimum Gasteiger partial charge on any atom is -0.0874 e. The molecular formula is C18H26. The summed E-state index contributed by atoms with van der Waals surface area (Å²) >= 11 is 0. The lowest BCUT2D eigenvalue weighted by Crippen LogP contribution is -1.95. The lowest BCUT2D eigenvalue weighted by Gasteiger charge is -2.12. The van der Waals surface area contributed by atoms with Gasteiger partial charge in [0.2, 0.25) is 0 Å². The molecular weight excluding hydrogens is 216 g/mol. The zero-order valence-electron chi connectivity index (χ0n) is 12.2. The van der Waals surface area contributed by atoms with Crippen molar-refractivity contribution in [3.05, 3.63) is 59.2 Å². The Balaban J connectivity index is 2.82. The normalized spacial score (nSPS) is 14.1. The van der Waals surface area contributed by atoms with Crippen LogP contribution in [0, 0.1) is 0 Å². The minimum atomic E-state index is 0.672. The van der Waals surface area contributed by atoms with E-state index in [1.165, 1.54) is 29.5 Å². The van der Waals surface area contributed by atoms with Crippen LogP contribution in [-0.2, 0) is 6.42 Å². The molecule has 0 heteroatoms. The Morgan fingerprint density at radius 1 is 1.28 bits per heavy atom. The van der Waals surface area contributed by atoms with Gasteiger partial charge in [-0.05, 0) is 49.3 Å². The molecule has 0 aromatic heterocycles. The molecule has 0 bridgehead atoms. The average molecular weight is 242 g/mol. The van der Waals surface area contributed by atoms with Crippen molar-refractivity contribution in [1.82, 2.24) is 0 Å². The molecule has 0 aliphatic heterocycles. The van der Waals surface area contributed by atoms with Crippen LogP contribution >= 0.6 is 0 Å². The minimum absolute atomic E-state index is 0.672. The molecule has 0 amide bonds. The van der Waals surface area contributed by atoms with Crippen molar-refractivity contribution in [3.8, 4) is 0 Å². The molecule has 0 fully saturated rings. The Morgan fingerprint density at radius 2 is 2.06 bits per heavy atom. The van der Waals surface area contributed by atoms with Gasteiger partial charge >= 0.3 is 0 Å². The third-order valence-corrected chi connectivity index (χ3v) is 3.40. The van der Waals surface area contributed by atoms with E-state index in [2.05, 4.69) is 70.2 Å². The second-order valence-electron chi connectivity index (χ2n) is 4.98. The van der Waals surface area contributed by atoms with E-state index in [4.69, 9.17) is 0 Å². The Morgan fingerprint density at radius 3 is 2.67 bits per heavy atom. The van der Waals surface area contributed by atoms with Gasteiger partial charge in [0, 0.05) is 0 Å². The maximum absolute atomic E-state index is 2.37. The smallest absolute Gasteiger partial charge is 0.00291 e. The van der Waals surface area contributed by atoms with Crippen molar-refractivity contribution < 1.29 is 0 Å². The van der Waals surface area contributed by atoms with Crippen LogP contribution < -0.4 is 0 Å². The summed E-state index contributed by atoms with van der Waals surface area (Å²) < 4.78 is 0. The molecule has 0 saturated carbocycles. The zero-order valence-corrected chi connectivity index (χ0v) is 12.2. The lowest BCUT2D eigenvalue weighted by atomic mass is 9.93. The average Bonchev–Trinajstić information content (AvgIpc) is 2.39. The molecule has 18 heavy (non-hydrogen) atoms. The highest BCUT2D eigenvalue weighted by atomic mass is 14.1. The van der Waals surface area contributed by atoms with Gasteiger partial charge in [0.05, 0.1) is 0 Å². The molecule has 0 saturated heterocycles. The van der Waals surface area contributed by atoms with Gasteiger partial charge in [-0.1, -0.05) is 62.8 Å². The molecule has 1 atom stereocenters. The summed E-state index contributed by atoms with van der Waals surface area (Å²) in [5, 5.41) is 0. The molecule has 0 nitrogen and oxygen atoms in total. The van der Waals surface area contributed by atoms with Crippen LogP contribution in [0.5, 0.6) is 0 Å². The maximum Gasteiger partial charge on any atom is -0.00291 e. The van der Waals surface area contributed by atoms with Gasteiger partial charge in [0.15, 0.2) is 0 Å². The van der Waals surface area contributed by atoms with E-state index < -0.39 is 0 Å². The van der Waals surface area contributed by atoms with Crippen molar-refractivity contribution >= 4 is 0 Å². The molecule has 1 aromatic carbocycles. The molecule has 0 N–H and O–H groups in total. The summed E-state index contributed by atoms with van der Waals surface area (Å²) in [7, 11) is 0. The molecule has 98 valence electrons. The van der Waals surface area contributed by atoms with Gasteiger partial charge in [-0.25, -0.2) is 0 Å². The largest absolute Gasteiger partial charge is 0.0874 e. The fourth-order valence-corrected chi connectivity index (χ4v) is 2.32. The third kappa shape index (κ3) is 4.52. The van der Waals surface area contributed by atoms with Gasteiger partial charge in [0.25, 0.3) is 0 Å². The summed E-state index contributed by atoms with van der Waals surface area (Å²) in [5.74, 6) is 0.672. The molecule has 1 rings (SSSR count). The van der Waals surface area contributed by atoms with Crippen molar-refractivity contribution in [2.45, 2.75) is 52.9 Å². The number of benzene rings is 1. The first-order valence-corrected chi connectivity index (χ1v) is 7.08.